The number of aromatic nitrogens is 1. The van der Waals surface area contributed by atoms with E-state index in [1.807, 2.05) is 53.4 Å². The third kappa shape index (κ3) is 3.94. The average molecular weight is 448 g/mol. The molecule has 2 saturated heterocycles. The van der Waals surface area contributed by atoms with Crippen LogP contribution in [0.5, 0.6) is 0 Å². The average Bonchev–Trinajstić information content (AvgIpc) is 3.45. The van der Waals surface area contributed by atoms with Crippen LogP contribution in [0, 0.1) is 5.92 Å². The predicted molar refractivity (Wildman–Crippen MR) is 123 cm³/mol. The molecule has 0 N–H and O–H groups in total. The number of esters is 1. The van der Waals surface area contributed by atoms with Crippen molar-refractivity contribution in [1.82, 2.24) is 14.8 Å². The Labute approximate surface area is 191 Å². The number of benzene rings is 2. The topological polar surface area (TPSA) is 62.7 Å². The fourth-order valence-electron chi connectivity index (χ4n) is 4.97. The summed E-state index contributed by atoms with van der Waals surface area (Å²) >= 11 is 1.62. The molecule has 3 heterocycles. The van der Waals surface area contributed by atoms with Gasteiger partial charge in [0.2, 0.25) is 5.91 Å². The van der Waals surface area contributed by atoms with Crippen LogP contribution in [-0.4, -0.2) is 52.9 Å². The molecule has 0 saturated carbocycles. The van der Waals surface area contributed by atoms with Gasteiger partial charge in [-0.2, -0.15) is 0 Å². The van der Waals surface area contributed by atoms with Crippen LogP contribution in [-0.2, 0) is 20.9 Å². The lowest BCUT2D eigenvalue weighted by Crippen LogP contribution is -2.53. The number of methoxy groups -OCH3 is 1. The summed E-state index contributed by atoms with van der Waals surface area (Å²) in [6, 6.07) is 19.6. The van der Waals surface area contributed by atoms with Crippen LogP contribution >= 0.6 is 11.3 Å². The molecule has 3 atom stereocenters. The van der Waals surface area contributed by atoms with Crippen molar-refractivity contribution in [2.45, 2.75) is 25.0 Å². The zero-order valence-electron chi connectivity index (χ0n) is 17.9. The first-order chi connectivity index (χ1) is 15.6. The third-order valence-corrected chi connectivity index (χ3v) is 7.17. The van der Waals surface area contributed by atoms with Crippen LogP contribution < -0.4 is 0 Å². The van der Waals surface area contributed by atoms with Gasteiger partial charge in [-0.3, -0.25) is 14.5 Å². The summed E-state index contributed by atoms with van der Waals surface area (Å²) in [6.45, 7) is 1.68. The molecule has 1 amide bonds. The number of piperazine rings is 1. The molecule has 2 aromatic carbocycles. The Morgan fingerprint density at radius 3 is 2.56 bits per heavy atom. The molecular weight excluding hydrogens is 422 g/mol. The van der Waals surface area contributed by atoms with Gasteiger partial charge in [0.1, 0.15) is 5.01 Å². The van der Waals surface area contributed by atoms with Crippen molar-refractivity contribution >= 4 is 23.2 Å². The van der Waals surface area contributed by atoms with Crippen molar-refractivity contribution in [2.24, 2.45) is 5.92 Å². The summed E-state index contributed by atoms with van der Waals surface area (Å²) in [4.78, 5) is 34.7. The van der Waals surface area contributed by atoms with E-state index in [0.717, 1.165) is 28.4 Å². The minimum atomic E-state index is -0.346. The van der Waals surface area contributed by atoms with E-state index in [9.17, 15) is 9.59 Å². The number of hydrogen-bond donors (Lipinski definition) is 0. The zero-order valence-corrected chi connectivity index (χ0v) is 18.7. The molecule has 2 fully saturated rings. The highest BCUT2D eigenvalue weighted by Gasteiger charge is 2.50. The summed E-state index contributed by atoms with van der Waals surface area (Å²) in [6.07, 6.45) is 0.613. The monoisotopic (exact) mass is 447 g/mol. The minimum Gasteiger partial charge on any atom is -0.469 e. The maximum atomic E-state index is 13.3. The number of thiazole rings is 1. The van der Waals surface area contributed by atoms with E-state index in [4.69, 9.17) is 9.72 Å². The van der Waals surface area contributed by atoms with Gasteiger partial charge in [0, 0.05) is 23.5 Å². The van der Waals surface area contributed by atoms with Gasteiger partial charge >= 0.3 is 5.97 Å². The van der Waals surface area contributed by atoms with Crippen molar-refractivity contribution in [1.29, 1.82) is 0 Å². The maximum Gasteiger partial charge on any atom is 0.311 e. The van der Waals surface area contributed by atoms with Crippen molar-refractivity contribution in [2.75, 3.05) is 20.2 Å². The van der Waals surface area contributed by atoms with E-state index < -0.39 is 0 Å². The first-order valence-corrected chi connectivity index (χ1v) is 11.7. The number of nitrogens with zero attached hydrogens (tertiary/aromatic N) is 3. The van der Waals surface area contributed by atoms with E-state index in [1.54, 1.807) is 11.3 Å². The summed E-state index contributed by atoms with van der Waals surface area (Å²) < 4.78 is 5.10. The number of ether oxygens (including phenoxy) is 1. The molecule has 32 heavy (non-hydrogen) atoms. The Hall–Kier alpha value is -3.03. The van der Waals surface area contributed by atoms with Crippen LogP contribution in [0.1, 0.15) is 23.0 Å². The largest absolute Gasteiger partial charge is 0.469 e. The smallest absolute Gasteiger partial charge is 0.311 e. The number of fused-ring (bicyclic) bond motifs is 1. The van der Waals surface area contributed by atoms with Gasteiger partial charge in [-0.05, 0) is 12.0 Å². The number of hydrogen-bond acceptors (Lipinski definition) is 6. The number of carbonyl (C=O) groups excluding carboxylic acids is 2. The molecule has 0 spiro atoms. The van der Waals surface area contributed by atoms with E-state index in [-0.39, 0.29) is 29.9 Å². The molecule has 3 aromatic rings. The summed E-state index contributed by atoms with van der Waals surface area (Å²) in [5.41, 5.74) is 3.05. The van der Waals surface area contributed by atoms with Crippen molar-refractivity contribution in [3.63, 3.8) is 0 Å². The Bertz CT molecular complexity index is 1100. The molecular formula is C25H25N3O3S. The third-order valence-electron chi connectivity index (χ3n) is 6.34. The van der Waals surface area contributed by atoms with E-state index in [2.05, 4.69) is 22.4 Å². The number of carbonyl (C=O) groups is 2. The number of rotatable bonds is 5. The molecule has 6 nitrogen and oxygen atoms in total. The highest BCUT2D eigenvalue weighted by molar-refractivity contribution is 7.09. The van der Waals surface area contributed by atoms with Crippen molar-refractivity contribution in [3.05, 3.63) is 76.6 Å². The highest BCUT2D eigenvalue weighted by atomic mass is 32.1. The van der Waals surface area contributed by atoms with Crippen LogP contribution in [0.4, 0.5) is 0 Å². The first-order valence-electron chi connectivity index (χ1n) is 10.8. The summed E-state index contributed by atoms with van der Waals surface area (Å²) in [5, 5.41) is 3.06. The van der Waals surface area contributed by atoms with Gasteiger partial charge in [-0.1, -0.05) is 60.7 Å². The molecule has 2 aliphatic heterocycles. The van der Waals surface area contributed by atoms with Crippen LogP contribution in [0.25, 0.3) is 11.3 Å². The molecule has 1 aromatic heterocycles. The minimum absolute atomic E-state index is 0.0147. The molecule has 0 bridgehead atoms. The number of amides is 1. The van der Waals surface area contributed by atoms with Gasteiger partial charge in [0.05, 0.1) is 37.9 Å². The Morgan fingerprint density at radius 1 is 1.12 bits per heavy atom. The lowest BCUT2D eigenvalue weighted by molar-refractivity contribution is -0.147. The molecule has 2 aliphatic rings. The van der Waals surface area contributed by atoms with Crippen molar-refractivity contribution in [3.8, 4) is 11.3 Å². The fraction of sp³-hybridized carbons (Fsp3) is 0.320. The Morgan fingerprint density at radius 2 is 1.84 bits per heavy atom. The molecule has 0 aliphatic carbocycles. The van der Waals surface area contributed by atoms with Crippen LogP contribution in [0.2, 0.25) is 0 Å². The quantitative estimate of drug-likeness (QED) is 0.558. The van der Waals surface area contributed by atoms with E-state index in [0.29, 0.717) is 19.5 Å². The standard InChI is InChI=1S/C25H25N3O3S/c1-31-25(30)20-12-19-13-27(14-22-26-21(16-32-22)17-8-4-2-5-9-17)15-23(29)28(19)24(20)18-10-6-3-7-11-18/h2-11,16,19-20,24H,12-15H2,1H3/t19-,20-,24-/m0/s1. The summed E-state index contributed by atoms with van der Waals surface area (Å²) in [7, 11) is 1.42. The second-order valence-electron chi connectivity index (χ2n) is 8.34. The SMILES string of the molecule is COC(=O)[C@H]1C[C@H]2CN(Cc3nc(-c4ccccc4)cs3)CC(=O)N2[C@H]1c1ccccc1. The second-order valence-corrected chi connectivity index (χ2v) is 9.28. The highest BCUT2D eigenvalue weighted by Crippen LogP contribution is 2.43. The molecule has 164 valence electrons. The lowest BCUT2D eigenvalue weighted by atomic mass is 9.93. The van der Waals surface area contributed by atoms with Crippen molar-refractivity contribution < 1.29 is 14.3 Å². The van der Waals surface area contributed by atoms with Gasteiger partial charge in [0.25, 0.3) is 0 Å². The zero-order chi connectivity index (χ0) is 22.1. The fourth-order valence-corrected chi connectivity index (χ4v) is 5.81. The second kappa shape index (κ2) is 8.84. The maximum absolute atomic E-state index is 13.3. The molecule has 5 rings (SSSR count). The van der Waals surface area contributed by atoms with Crippen LogP contribution in [0.3, 0.4) is 0 Å². The van der Waals surface area contributed by atoms with Gasteiger partial charge < -0.3 is 9.64 Å². The van der Waals surface area contributed by atoms with E-state index >= 15 is 0 Å². The van der Waals surface area contributed by atoms with Gasteiger partial charge in [0.15, 0.2) is 0 Å². The Balaban J connectivity index is 1.34. The van der Waals surface area contributed by atoms with Crippen LogP contribution in [0.15, 0.2) is 66.0 Å². The molecule has 0 radical (unpaired) electrons. The van der Waals surface area contributed by atoms with Gasteiger partial charge in [-0.15, -0.1) is 11.3 Å². The van der Waals surface area contributed by atoms with E-state index in [1.165, 1.54) is 7.11 Å². The molecule has 0 unspecified atom stereocenters. The first kappa shape index (κ1) is 20.8. The molecule has 7 heteroatoms. The van der Waals surface area contributed by atoms with Gasteiger partial charge in [-0.25, -0.2) is 4.98 Å². The predicted octanol–water partition coefficient (Wildman–Crippen LogP) is 3.76. The summed E-state index contributed by atoms with van der Waals surface area (Å²) in [5.74, 6) is -0.540. The Kier molecular flexibility index (Phi) is 5.76. The normalized spacial score (nSPS) is 23.2. The lowest BCUT2D eigenvalue weighted by Gasteiger charge is -2.39.